The van der Waals surface area contributed by atoms with Gasteiger partial charge in [-0.3, -0.25) is 9.79 Å². The summed E-state index contributed by atoms with van der Waals surface area (Å²) in [6.45, 7) is 1.36. The van der Waals surface area contributed by atoms with E-state index in [-0.39, 0.29) is 57.3 Å². The molecular weight excluding hydrogens is 518 g/mol. The number of nitrogens with zero attached hydrogens (tertiary/aromatic N) is 4. The summed E-state index contributed by atoms with van der Waals surface area (Å²) in [6, 6.07) is -1.01. The monoisotopic (exact) mass is 553 g/mol. The number of carbonyl (C=O) groups is 2. The second-order valence-corrected chi connectivity index (χ2v) is 8.22. The number of guanidine groups is 1. The molecule has 0 saturated heterocycles. The number of rotatable bonds is 23. The molecule has 0 saturated carbocycles. The number of amides is 1. The van der Waals surface area contributed by atoms with Crippen molar-refractivity contribution in [1.82, 2.24) is 5.32 Å². The third kappa shape index (κ3) is 20.0. The van der Waals surface area contributed by atoms with Gasteiger partial charge in [-0.2, -0.15) is 0 Å². The van der Waals surface area contributed by atoms with Crippen molar-refractivity contribution in [3.63, 3.8) is 0 Å². The van der Waals surface area contributed by atoms with Crippen molar-refractivity contribution in [2.24, 2.45) is 22.4 Å². The smallest absolute Gasteiger partial charge is 0.328 e. The highest BCUT2D eigenvalue weighted by molar-refractivity contribution is 5.84. The number of unbranched alkanes of at least 4 members (excludes halogenated alkanes) is 1. The zero-order valence-corrected chi connectivity index (χ0v) is 21.1. The van der Waals surface area contributed by atoms with Gasteiger partial charge in [-0.1, -0.05) is 6.92 Å². The summed E-state index contributed by atoms with van der Waals surface area (Å²) in [5.41, 5.74) is 10.5. The summed E-state index contributed by atoms with van der Waals surface area (Å²) in [6.07, 6.45) is 0.820. The van der Waals surface area contributed by atoms with Crippen LogP contribution in [0.5, 0.6) is 0 Å². The Morgan fingerprint density at radius 1 is 0.895 bits per heavy atom. The molecule has 0 aromatic carbocycles. The highest BCUT2D eigenvalue weighted by atomic mass is 17.0. The Morgan fingerprint density at radius 3 is 2.16 bits per heavy atom. The van der Waals surface area contributed by atoms with Crippen LogP contribution in [0, 0.1) is 36.3 Å². The van der Waals surface area contributed by atoms with Gasteiger partial charge in [0.1, 0.15) is 18.8 Å². The fraction of sp³-hybridized carbons (Fsp3) is 0.842. The molecule has 5 N–H and O–H groups in total. The van der Waals surface area contributed by atoms with Crippen LogP contribution < -0.4 is 16.8 Å². The van der Waals surface area contributed by atoms with Gasteiger partial charge in [-0.15, -0.1) is 30.3 Å². The number of ether oxygens (including phenoxy) is 1. The van der Waals surface area contributed by atoms with Crippen LogP contribution in [0.15, 0.2) is 4.99 Å². The molecule has 0 aromatic heterocycles. The number of hydrogen-bond donors (Lipinski definition) is 3. The summed E-state index contributed by atoms with van der Waals surface area (Å²) >= 11 is 0. The molecule has 0 aromatic rings. The van der Waals surface area contributed by atoms with E-state index in [2.05, 4.69) is 24.8 Å². The number of hydrogen-bond acceptors (Lipinski definition) is 13. The van der Waals surface area contributed by atoms with Crippen molar-refractivity contribution < 1.29 is 44.1 Å². The molecule has 0 aliphatic rings. The largest absolute Gasteiger partial charge is 0.464 e. The number of nitrogens with one attached hydrogen (secondary N) is 1. The minimum absolute atomic E-state index is 0.0294. The van der Waals surface area contributed by atoms with Gasteiger partial charge in [0.05, 0.1) is 13.2 Å². The minimum Gasteiger partial charge on any atom is -0.464 e. The maximum atomic E-state index is 12.5. The second kappa shape index (κ2) is 19.9. The van der Waals surface area contributed by atoms with Gasteiger partial charge < -0.3 is 36.0 Å². The first-order chi connectivity index (χ1) is 17.9. The Kier molecular flexibility index (Phi) is 17.7. The fourth-order valence-corrected chi connectivity index (χ4v) is 3.08. The molecule has 3 atom stereocenters. The first-order valence-corrected chi connectivity index (χ1v) is 11.8. The van der Waals surface area contributed by atoms with Crippen molar-refractivity contribution in [2.45, 2.75) is 70.4 Å². The van der Waals surface area contributed by atoms with E-state index in [4.69, 9.17) is 16.2 Å². The van der Waals surface area contributed by atoms with Crippen molar-refractivity contribution in [3.8, 4) is 0 Å². The molecule has 0 spiro atoms. The summed E-state index contributed by atoms with van der Waals surface area (Å²) < 4.78 is 5.25. The molecule has 0 fully saturated rings. The Balaban J connectivity index is 4.68. The first kappa shape index (κ1) is 33.8. The SMILES string of the molecule is CC(CCCCOC(=O)C(CCCN=C(N)N)NC(=O)CCCC(CO[N+](=O)[O-])O[N+](=O)[O-])CO[N+](=O)[O-]. The molecule has 218 valence electrons. The van der Waals surface area contributed by atoms with Gasteiger partial charge in [0.25, 0.3) is 15.3 Å². The van der Waals surface area contributed by atoms with Crippen LogP contribution in [-0.4, -0.2) is 71.6 Å². The highest BCUT2D eigenvalue weighted by Crippen LogP contribution is 2.10. The van der Waals surface area contributed by atoms with Gasteiger partial charge >= 0.3 is 5.97 Å². The summed E-state index contributed by atoms with van der Waals surface area (Å²) in [5.74, 6) is -1.41. The number of nitrogens with two attached hydrogens (primary N) is 2. The van der Waals surface area contributed by atoms with E-state index in [9.17, 15) is 39.9 Å². The van der Waals surface area contributed by atoms with Crippen LogP contribution in [-0.2, 0) is 28.8 Å². The standard InChI is InChI=1S/C19H35N7O12/c1-14(12-36-24(29)30)6-2-3-11-35-18(28)16(8-5-10-22-19(20)21)23-17(27)9-4-7-15(38-26(33)34)13-37-25(31)32/h14-16H,2-13H2,1H3,(H,23,27)(H4,20,21,22). The second-order valence-electron chi connectivity index (χ2n) is 8.22. The lowest BCUT2D eigenvalue weighted by Crippen LogP contribution is -2.42. The van der Waals surface area contributed by atoms with Crippen molar-refractivity contribution in [1.29, 1.82) is 0 Å². The molecule has 19 nitrogen and oxygen atoms in total. The van der Waals surface area contributed by atoms with Gasteiger partial charge in [0.15, 0.2) is 5.96 Å². The molecule has 0 heterocycles. The molecule has 0 aliphatic carbocycles. The number of aliphatic imine (C=N–C) groups is 1. The van der Waals surface area contributed by atoms with Crippen LogP contribution in [0.2, 0.25) is 0 Å². The van der Waals surface area contributed by atoms with E-state index in [1.54, 1.807) is 6.92 Å². The van der Waals surface area contributed by atoms with E-state index >= 15 is 0 Å². The summed E-state index contributed by atoms with van der Waals surface area (Å²) in [5, 5.41) is 30.5. The zero-order valence-electron chi connectivity index (χ0n) is 21.1. The Bertz CT molecular complexity index is 794. The molecule has 1 amide bonds. The average Bonchev–Trinajstić information content (AvgIpc) is 2.82. The molecular formula is C19H35N7O12. The molecule has 3 unspecified atom stereocenters. The summed E-state index contributed by atoms with van der Waals surface area (Å²) in [4.78, 5) is 72.5. The van der Waals surface area contributed by atoms with Crippen LogP contribution in [0.3, 0.4) is 0 Å². The van der Waals surface area contributed by atoms with E-state index in [0.717, 1.165) is 0 Å². The maximum Gasteiger partial charge on any atom is 0.328 e. The third-order valence-corrected chi connectivity index (χ3v) is 4.90. The number of esters is 1. The van der Waals surface area contributed by atoms with Crippen LogP contribution in [0.1, 0.15) is 58.3 Å². The zero-order chi connectivity index (χ0) is 28.9. The van der Waals surface area contributed by atoms with Crippen LogP contribution in [0.25, 0.3) is 0 Å². The minimum atomic E-state index is -1.25. The predicted molar refractivity (Wildman–Crippen MR) is 127 cm³/mol. The van der Waals surface area contributed by atoms with Crippen molar-refractivity contribution in [2.75, 3.05) is 26.4 Å². The van der Waals surface area contributed by atoms with Crippen LogP contribution in [0.4, 0.5) is 0 Å². The molecule has 0 rings (SSSR count). The fourth-order valence-electron chi connectivity index (χ4n) is 3.08. The quantitative estimate of drug-likeness (QED) is 0.0376. The lowest BCUT2D eigenvalue weighted by atomic mass is 10.1. The predicted octanol–water partition coefficient (Wildman–Crippen LogP) is 0.0382. The molecule has 19 heteroatoms. The van der Waals surface area contributed by atoms with E-state index in [1.165, 1.54) is 0 Å². The van der Waals surface area contributed by atoms with E-state index < -0.39 is 45.9 Å². The molecule has 0 bridgehead atoms. The molecule has 38 heavy (non-hydrogen) atoms. The van der Waals surface area contributed by atoms with Gasteiger partial charge in [0, 0.05) is 13.0 Å². The first-order valence-electron chi connectivity index (χ1n) is 11.8. The average molecular weight is 554 g/mol. The maximum absolute atomic E-state index is 12.5. The Labute approximate surface area is 217 Å². The van der Waals surface area contributed by atoms with Gasteiger partial charge in [0.2, 0.25) is 5.91 Å². The van der Waals surface area contributed by atoms with E-state index in [1.807, 2.05) is 0 Å². The Hall–Kier alpha value is -4.19. The van der Waals surface area contributed by atoms with Gasteiger partial charge in [-0.05, 0) is 50.9 Å². The molecule has 0 aliphatic heterocycles. The highest BCUT2D eigenvalue weighted by Gasteiger charge is 2.23. The van der Waals surface area contributed by atoms with Crippen molar-refractivity contribution in [3.05, 3.63) is 30.3 Å². The third-order valence-electron chi connectivity index (χ3n) is 4.90. The van der Waals surface area contributed by atoms with E-state index in [0.29, 0.717) is 25.7 Å². The van der Waals surface area contributed by atoms with Crippen molar-refractivity contribution >= 4 is 17.8 Å². The molecule has 0 radical (unpaired) electrons. The lowest BCUT2D eigenvalue weighted by molar-refractivity contribution is -0.790. The van der Waals surface area contributed by atoms with Crippen LogP contribution >= 0.6 is 0 Å². The topological polar surface area (TPSA) is 277 Å². The lowest BCUT2D eigenvalue weighted by Gasteiger charge is -2.18. The number of carbonyl (C=O) groups excluding carboxylic acids is 2. The normalized spacial score (nSPS) is 12.8. The Morgan fingerprint density at radius 2 is 1.55 bits per heavy atom. The summed E-state index contributed by atoms with van der Waals surface area (Å²) in [7, 11) is 0. The van der Waals surface area contributed by atoms with Gasteiger partial charge in [-0.25, -0.2) is 4.79 Å².